The third-order valence-corrected chi connectivity index (χ3v) is 6.40. The maximum atomic E-state index is 13.9. The van der Waals surface area contributed by atoms with Crippen LogP contribution in [0, 0.1) is 19.7 Å². The van der Waals surface area contributed by atoms with Gasteiger partial charge in [0.1, 0.15) is 5.82 Å². The van der Waals surface area contributed by atoms with E-state index in [4.69, 9.17) is 4.74 Å². The van der Waals surface area contributed by atoms with Gasteiger partial charge in [-0.3, -0.25) is 0 Å². The largest absolute Gasteiger partial charge is 0.478 e. The number of halogens is 1. The molecular formula is C31H40FNO4S. The van der Waals surface area contributed by atoms with E-state index in [2.05, 4.69) is 17.9 Å². The number of hydrogen-bond donors (Lipinski definition) is 4. The second kappa shape index (κ2) is 14.4. The maximum absolute atomic E-state index is 13.9. The number of thiol groups is 1. The molecule has 0 heterocycles. The molecule has 0 radical (unpaired) electrons. The van der Waals surface area contributed by atoms with Gasteiger partial charge in [0.15, 0.2) is 0 Å². The highest BCUT2D eigenvalue weighted by molar-refractivity contribution is 7.79. The van der Waals surface area contributed by atoms with Crippen LogP contribution in [-0.4, -0.2) is 47.2 Å². The highest BCUT2D eigenvalue weighted by Crippen LogP contribution is 2.31. The first-order valence-corrected chi connectivity index (χ1v) is 13.5. The first-order valence-electron chi connectivity index (χ1n) is 12.6. The zero-order valence-electron chi connectivity index (χ0n) is 23.1. The number of nitrogens with one attached hydrogen (secondary N) is 1. The minimum absolute atomic E-state index is 0.148. The van der Waals surface area contributed by atoms with Gasteiger partial charge in [-0.25, -0.2) is 9.18 Å². The van der Waals surface area contributed by atoms with Crippen molar-refractivity contribution in [1.82, 2.24) is 5.32 Å². The molecule has 0 bridgehead atoms. The maximum Gasteiger partial charge on any atom is 0.335 e. The molecule has 0 aliphatic heterocycles. The molecule has 0 saturated heterocycles. The number of benzene rings is 3. The Morgan fingerprint density at radius 1 is 1.05 bits per heavy atom. The van der Waals surface area contributed by atoms with Gasteiger partial charge in [-0.05, 0) is 92.8 Å². The van der Waals surface area contributed by atoms with E-state index in [0.29, 0.717) is 24.1 Å². The number of aliphatic hydroxyl groups excluding tert-OH is 1. The van der Waals surface area contributed by atoms with Gasteiger partial charge in [0.25, 0.3) is 0 Å². The van der Waals surface area contributed by atoms with Crippen molar-refractivity contribution in [2.24, 2.45) is 0 Å². The van der Waals surface area contributed by atoms with Gasteiger partial charge in [0.05, 0.1) is 24.4 Å². The van der Waals surface area contributed by atoms with Crippen LogP contribution in [0.2, 0.25) is 0 Å². The second-order valence-electron chi connectivity index (χ2n) is 10.1. The Labute approximate surface area is 231 Å². The Kier molecular flexibility index (Phi) is 12.0. The standard InChI is InChI=1S/C30H36FNO4.CH4S/c1-19-10-11-22(15-28(19)31)16-30(4,5)32-17-24(33)18-36-21(3)26-8-6-7-9-27(26)23-12-13-25(29(34)35)20(2)14-23;1-2/h6-15,21,24,32-33H,16-18H2,1-5H3,(H,34,35);2H,1H3. The normalized spacial score (nSPS) is 12.9. The van der Waals surface area contributed by atoms with Crippen molar-refractivity contribution in [3.63, 3.8) is 0 Å². The molecular weight excluding hydrogens is 501 g/mol. The van der Waals surface area contributed by atoms with Crippen LogP contribution < -0.4 is 5.32 Å². The number of carbonyl (C=O) groups is 1. The average molecular weight is 542 g/mol. The lowest BCUT2D eigenvalue weighted by molar-refractivity contribution is -0.00397. The fourth-order valence-corrected chi connectivity index (χ4v) is 4.30. The number of rotatable bonds is 11. The Morgan fingerprint density at radius 3 is 2.37 bits per heavy atom. The molecule has 0 fully saturated rings. The van der Waals surface area contributed by atoms with Crippen molar-refractivity contribution >= 4 is 18.6 Å². The summed E-state index contributed by atoms with van der Waals surface area (Å²) in [5.74, 6) is -1.15. The van der Waals surface area contributed by atoms with Crippen LogP contribution in [0.15, 0.2) is 60.7 Å². The highest BCUT2D eigenvalue weighted by atomic mass is 32.1. The first-order chi connectivity index (χ1) is 18.0. The number of ether oxygens (including phenoxy) is 1. The van der Waals surface area contributed by atoms with Gasteiger partial charge < -0.3 is 20.3 Å². The molecule has 0 aliphatic carbocycles. The lowest BCUT2D eigenvalue weighted by Gasteiger charge is -2.28. The van der Waals surface area contributed by atoms with Gasteiger partial charge in [-0.2, -0.15) is 12.6 Å². The van der Waals surface area contributed by atoms with Crippen molar-refractivity contribution in [3.8, 4) is 11.1 Å². The van der Waals surface area contributed by atoms with Crippen molar-refractivity contribution in [2.75, 3.05) is 19.4 Å². The molecule has 3 rings (SSSR count). The van der Waals surface area contributed by atoms with E-state index in [1.165, 1.54) is 0 Å². The number of aliphatic hydroxyl groups is 1. The average Bonchev–Trinajstić information content (AvgIpc) is 2.89. The fraction of sp³-hybridized carbons (Fsp3) is 0.387. The molecule has 0 spiro atoms. The first kappa shape index (κ1) is 31.5. The molecule has 0 aliphatic rings. The molecule has 206 valence electrons. The Hall–Kier alpha value is -2.71. The van der Waals surface area contributed by atoms with Crippen molar-refractivity contribution in [2.45, 2.75) is 58.8 Å². The van der Waals surface area contributed by atoms with Gasteiger partial charge in [0.2, 0.25) is 0 Å². The van der Waals surface area contributed by atoms with Crippen molar-refractivity contribution in [1.29, 1.82) is 0 Å². The van der Waals surface area contributed by atoms with E-state index in [-0.39, 0.29) is 29.6 Å². The summed E-state index contributed by atoms with van der Waals surface area (Å²) in [5.41, 5.74) is 5.01. The molecule has 7 heteroatoms. The molecule has 5 nitrogen and oxygen atoms in total. The summed E-state index contributed by atoms with van der Waals surface area (Å²) in [7, 11) is 0. The summed E-state index contributed by atoms with van der Waals surface area (Å²) < 4.78 is 19.9. The molecule has 3 aromatic rings. The molecule has 2 unspecified atom stereocenters. The van der Waals surface area contributed by atoms with Crippen LogP contribution in [0.4, 0.5) is 4.39 Å². The van der Waals surface area contributed by atoms with Gasteiger partial charge in [0, 0.05) is 12.1 Å². The van der Waals surface area contributed by atoms with E-state index in [9.17, 15) is 19.4 Å². The van der Waals surface area contributed by atoms with E-state index in [1.54, 1.807) is 38.3 Å². The molecule has 38 heavy (non-hydrogen) atoms. The van der Waals surface area contributed by atoms with Gasteiger partial charge in [-0.15, -0.1) is 0 Å². The van der Waals surface area contributed by atoms with Crippen molar-refractivity contribution < 1.29 is 24.1 Å². The number of aromatic carboxylic acids is 1. The van der Waals surface area contributed by atoms with Crippen LogP contribution in [0.1, 0.15) is 59.5 Å². The zero-order valence-corrected chi connectivity index (χ0v) is 24.0. The van der Waals surface area contributed by atoms with E-state index in [1.807, 2.05) is 63.2 Å². The van der Waals surface area contributed by atoms with E-state index >= 15 is 0 Å². The summed E-state index contributed by atoms with van der Waals surface area (Å²) >= 11 is 3.53. The molecule has 0 amide bonds. The van der Waals surface area contributed by atoms with Crippen molar-refractivity contribution in [3.05, 3.63) is 94.3 Å². The molecule has 0 saturated carbocycles. The minimum atomic E-state index is -0.944. The quantitative estimate of drug-likeness (QED) is 0.211. The van der Waals surface area contributed by atoms with Crippen LogP contribution in [0.25, 0.3) is 11.1 Å². The Bertz CT molecular complexity index is 1210. The number of hydrogen-bond acceptors (Lipinski definition) is 5. The zero-order chi connectivity index (χ0) is 28.5. The summed E-state index contributed by atoms with van der Waals surface area (Å²) in [6, 6.07) is 18.4. The predicted molar refractivity (Wildman–Crippen MR) is 156 cm³/mol. The molecule has 0 aromatic heterocycles. The number of β-amino-alcohol motifs (C(OH)–C–C–N with tert-alkyl or cyclic N) is 1. The van der Waals surface area contributed by atoms with Gasteiger partial charge in [-0.1, -0.05) is 48.5 Å². The van der Waals surface area contributed by atoms with E-state index in [0.717, 1.165) is 22.3 Å². The monoisotopic (exact) mass is 541 g/mol. The van der Waals surface area contributed by atoms with Crippen LogP contribution in [0.5, 0.6) is 0 Å². The van der Waals surface area contributed by atoms with Crippen LogP contribution in [-0.2, 0) is 11.2 Å². The Balaban J connectivity index is 0.00000247. The predicted octanol–water partition coefficient (Wildman–Crippen LogP) is 6.40. The number of carboxylic acids is 1. The molecule has 3 aromatic carbocycles. The summed E-state index contributed by atoms with van der Waals surface area (Å²) in [4.78, 5) is 11.4. The molecule has 3 N–H and O–H groups in total. The lowest BCUT2D eigenvalue weighted by atomic mass is 9.94. The fourth-order valence-electron chi connectivity index (χ4n) is 4.30. The Morgan fingerprint density at radius 2 is 1.74 bits per heavy atom. The summed E-state index contributed by atoms with van der Waals surface area (Å²) in [5, 5.41) is 23.2. The second-order valence-corrected chi connectivity index (χ2v) is 10.1. The van der Waals surface area contributed by atoms with E-state index < -0.39 is 12.1 Å². The summed E-state index contributed by atoms with van der Waals surface area (Å²) in [6.45, 7) is 10.0. The third kappa shape index (κ3) is 8.95. The molecule has 2 atom stereocenters. The number of carboxylic acid groups (broad SMARTS) is 1. The van der Waals surface area contributed by atoms with Gasteiger partial charge >= 0.3 is 5.97 Å². The SMILES string of the molecule is CS.Cc1ccc(CC(C)(C)NCC(O)COC(C)c2ccccc2-c2ccc(C(=O)O)c(C)c2)cc1F. The minimum Gasteiger partial charge on any atom is -0.478 e. The number of aryl methyl sites for hydroxylation is 2. The third-order valence-electron chi connectivity index (χ3n) is 6.40. The lowest BCUT2D eigenvalue weighted by Crippen LogP contribution is -2.46. The van der Waals surface area contributed by atoms with Crippen LogP contribution >= 0.6 is 12.6 Å². The summed E-state index contributed by atoms with van der Waals surface area (Å²) in [6.07, 6.45) is 1.33. The topological polar surface area (TPSA) is 78.8 Å². The highest BCUT2D eigenvalue weighted by Gasteiger charge is 2.21. The van der Waals surface area contributed by atoms with Crippen LogP contribution in [0.3, 0.4) is 0 Å². The smallest absolute Gasteiger partial charge is 0.335 e.